The fourth-order valence-electron chi connectivity index (χ4n) is 5.99. The van der Waals surface area contributed by atoms with Crippen LogP contribution in [0.25, 0.3) is 0 Å². The molecule has 2 aromatic rings. The van der Waals surface area contributed by atoms with E-state index in [-0.39, 0.29) is 23.8 Å². The molecule has 3 fully saturated rings. The first-order chi connectivity index (χ1) is 16.5. The van der Waals surface area contributed by atoms with Gasteiger partial charge in [-0.3, -0.25) is 9.59 Å². The third-order valence-corrected chi connectivity index (χ3v) is 7.77. The number of nitrogens with one attached hydrogen (secondary N) is 1. The van der Waals surface area contributed by atoms with Gasteiger partial charge in [0.05, 0.1) is 0 Å². The van der Waals surface area contributed by atoms with Crippen molar-refractivity contribution in [1.82, 2.24) is 10.2 Å². The van der Waals surface area contributed by atoms with Crippen LogP contribution < -0.4 is 10.2 Å². The molecule has 2 amide bonds. The summed E-state index contributed by atoms with van der Waals surface area (Å²) in [6.07, 6.45) is 5.86. The van der Waals surface area contributed by atoms with E-state index in [9.17, 15) is 18.4 Å². The monoisotopic (exact) mass is 467 g/mol. The van der Waals surface area contributed by atoms with E-state index in [1.165, 1.54) is 6.07 Å². The van der Waals surface area contributed by atoms with Gasteiger partial charge in [0.1, 0.15) is 6.04 Å². The van der Waals surface area contributed by atoms with Gasteiger partial charge in [0, 0.05) is 43.0 Å². The largest absolute Gasteiger partial charge is 0.371 e. The van der Waals surface area contributed by atoms with E-state index in [2.05, 4.69) is 5.32 Å². The molecule has 0 aromatic heterocycles. The molecule has 7 heteroatoms. The smallest absolute Gasteiger partial charge is 0.254 e. The maximum atomic E-state index is 13.6. The quantitative estimate of drug-likeness (QED) is 0.710. The van der Waals surface area contributed by atoms with E-state index in [4.69, 9.17) is 0 Å². The first kappa shape index (κ1) is 22.8. The molecule has 0 radical (unpaired) electrons. The molecule has 4 atom stereocenters. The average molecular weight is 468 g/mol. The molecular weight excluding hydrogens is 436 g/mol. The first-order valence-electron chi connectivity index (χ1n) is 12.4. The van der Waals surface area contributed by atoms with Gasteiger partial charge >= 0.3 is 0 Å². The van der Waals surface area contributed by atoms with Crippen molar-refractivity contribution < 1.29 is 18.4 Å². The van der Waals surface area contributed by atoms with Crippen LogP contribution in [0.15, 0.2) is 48.5 Å². The van der Waals surface area contributed by atoms with Gasteiger partial charge in [-0.1, -0.05) is 31.0 Å². The predicted octanol–water partition coefficient (Wildman–Crippen LogP) is 4.38. The Morgan fingerprint density at radius 2 is 1.76 bits per heavy atom. The minimum atomic E-state index is -0.849. The molecule has 0 bridgehead atoms. The third-order valence-electron chi connectivity index (χ3n) is 7.77. The topological polar surface area (TPSA) is 52.7 Å². The van der Waals surface area contributed by atoms with Crippen LogP contribution in [0.1, 0.15) is 48.9 Å². The summed E-state index contributed by atoms with van der Waals surface area (Å²) in [4.78, 5) is 30.6. The lowest BCUT2D eigenvalue weighted by atomic mass is 9.84. The normalized spacial score (nSPS) is 26.4. The van der Waals surface area contributed by atoms with Crippen LogP contribution in [0.5, 0.6) is 0 Å². The van der Waals surface area contributed by atoms with E-state index in [0.29, 0.717) is 30.3 Å². The molecule has 5 nitrogen and oxygen atoms in total. The molecule has 5 rings (SSSR count). The number of benzene rings is 2. The van der Waals surface area contributed by atoms with Gasteiger partial charge in [0.2, 0.25) is 5.91 Å². The molecule has 2 aliphatic heterocycles. The fraction of sp³-hybridized carbons (Fsp3) is 0.481. The Bertz CT molecular complexity index is 1050. The molecule has 1 aliphatic carbocycles. The maximum Gasteiger partial charge on any atom is 0.254 e. The summed E-state index contributed by atoms with van der Waals surface area (Å²) < 4.78 is 26.9. The van der Waals surface area contributed by atoms with Crippen molar-refractivity contribution in [2.45, 2.75) is 50.6 Å². The van der Waals surface area contributed by atoms with Crippen molar-refractivity contribution >= 4 is 17.5 Å². The van der Waals surface area contributed by atoms with Gasteiger partial charge in [-0.25, -0.2) is 8.78 Å². The summed E-state index contributed by atoms with van der Waals surface area (Å²) in [7, 11) is 0. The van der Waals surface area contributed by atoms with Crippen LogP contribution in [0.3, 0.4) is 0 Å². The molecule has 2 saturated heterocycles. The van der Waals surface area contributed by atoms with Crippen LogP contribution in [0.2, 0.25) is 0 Å². The highest BCUT2D eigenvalue weighted by Crippen LogP contribution is 2.40. The molecule has 0 spiro atoms. The number of nitrogens with zero attached hydrogens (tertiary/aromatic N) is 2. The molecule has 4 unspecified atom stereocenters. The maximum absolute atomic E-state index is 13.6. The van der Waals surface area contributed by atoms with E-state index in [1.54, 1.807) is 6.07 Å². The number of carbonyl (C=O) groups excluding carboxylic acids is 2. The van der Waals surface area contributed by atoms with E-state index < -0.39 is 17.7 Å². The van der Waals surface area contributed by atoms with Gasteiger partial charge in [0.15, 0.2) is 11.6 Å². The Hall–Kier alpha value is -2.96. The number of halogens is 2. The van der Waals surface area contributed by atoms with Crippen LogP contribution >= 0.6 is 0 Å². The second-order valence-electron chi connectivity index (χ2n) is 9.89. The molecule has 1 saturated carbocycles. The van der Waals surface area contributed by atoms with Gasteiger partial charge in [0.25, 0.3) is 5.91 Å². The zero-order valence-electron chi connectivity index (χ0n) is 19.3. The van der Waals surface area contributed by atoms with E-state index in [1.807, 2.05) is 40.1 Å². The number of carbonyl (C=O) groups is 2. The second kappa shape index (κ2) is 9.72. The lowest BCUT2D eigenvalue weighted by Gasteiger charge is -2.33. The number of rotatable bonds is 5. The Balaban J connectivity index is 1.23. The molecule has 2 heterocycles. The Labute approximate surface area is 199 Å². The molecular formula is C27H31F2N3O2. The summed E-state index contributed by atoms with van der Waals surface area (Å²) in [6.45, 7) is 1.92. The highest BCUT2D eigenvalue weighted by atomic mass is 19.2. The molecule has 1 N–H and O–H groups in total. The Morgan fingerprint density at radius 1 is 0.971 bits per heavy atom. The summed E-state index contributed by atoms with van der Waals surface area (Å²) in [5, 5.41) is 3.11. The van der Waals surface area contributed by atoms with Crippen molar-refractivity contribution in [3.8, 4) is 0 Å². The number of amides is 2. The van der Waals surface area contributed by atoms with Crippen LogP contribution in [-0.4, -0.2) is 48.4 Å². The number of hydrogen-bond donors (Lipinski definition) is 1. The van der Waals surface area contributed by atoms with Crippen molar-refractivity contribution in [1.29, 1.82) is 0 Å². The molecule has 180 valence electrons. The standard InChI is InChI=1S/C27H31F2N3O2/c28-22-11-10-21(15-23(22)29)31-13-12-18(17-31)16-30-26(33)25-14-20-8-4-5-9-24(20)32(25)27(34)19-6-2-1-3-7-19/h1-3,6-7,10-11,15,18,20,24-25H,4-5,8-9,12-14,16-17H2,(H,30,33). The number of fused-ring (bicyclic) bond motifs is 1. The lowest BCUT2D eigenvalue weighted by Crippen LogP contribution is -2.50. The van der Waals surface area contributed by atoms with Gasteiger partial charge in [-0.2, -0.15) is 0 Å². The van der Waals surface area contributed by atoms with Crippen LogP contribution in [0, 0.1) is 23.5 Å². The molecule has 3 aliphatic rings. The number of likely N-dealkylation sites (tertiary alicyclic amines) is 1. The average Bonchev–Trinajstić information content (AvgIpc) is 3.49. The van der Waals surface area contributed by atoms with Crippen molar-refractivity contribution in [3.05, 3.63) is 65.7 Å². The van der Waals surface area contributed by atoms with Crippen LogP contribution in [0.4, 0.5) is 14.5 Å². The third kappa shape index (κ3) is 4.52. The van der Waals surface area contributed by atoms with Gasteiger partial charge < -0.3 is 15.1 Å². The SMILES string of the molecule is O=C(NCC1CCN(c2ccc(F)c(F)c2)C1)C1CC2CCCCC2N1C(=O)c1ccccc1. The summed E-state index contributed by atoms with van der Waals surface area (Å²) in [5.41, 5.74) is 1.29. The van der Waals surface area contributed by atoms with Crippen molar-refractivity contribution in [2.24, 2.45) is 11.8 Å². The minimum absolute atomic E-state index is 0.0551. The Kier molecular flexibility index (Phi) is 6.53. The highest BCUT2D eigenvalue weighted by molar-refractivity contribution is 5.98. The second-order valence-corrected chi connectivity index (χ2v) is 9.89. The fourth-order valence-corrected chi connectivity index (χ4v) is 5.99. The summed E-state index contributed by atoms with van der Waals surface area (Å²) in [5.74, 6) is -1.23. The van der Waals surface area contributed by atoms with Gasteiger partial charge in [-0.05, 0) is 61.8 Å². The lowest BCUT2D eigenvalue weighted by molar-refractivity contribution is -0.125. The summed E-state index contributed by atoms with van der Waals surface area (Å²) in [6, 6.07) is 12.9. The minimum Gasteiger partial charge on any atom is -0.371 e. The zero-order chi connectivity index (χ0) is 23.7. The zero-order valence-corrected chi connectivity index (χ0v) is 19.3. The van der Waals surface area contributed by atoms with E-state index in [0.717, 1.165) is 51.1 Å². The number of anilines is 1. The summed E-state index contributed by atoms with van der Waals surface area (Å²) >= 11 is 0. The van der Waals surface area contributed by atoms with Crippen molar-refractivity contribution in [2.75, 3.05) is 24.5 Å². The van der Waals surface area contributed by atoms with E-state index >= 15 is 0 Å². The van der Waals surface area contributed by atoms with Gasteiger partial charge in [-0.15, -0.1) is 0 Å². The first-order valence-corrected chi connectivity index (χ1v) is 12.4. The predicted molar refractivity (Wildman–Crippen MR) is 126 cm³/mol. The van der Waals surface area contributed by atoms with Crippen LogP contribution in [-0.2, 0) is 4.79 Å². The number of hydrogen-bond acceptors (Lipinski definition) is 3. The highest BCUT2D eigenvalue weighted by Gasteiger charge is 2.47. The molecule has 2 aromatic carbocycles. The molecule has 34 heavy (non-hydrogen) atoms. The van der Waals surface area contributed by atoms with Crippen molar-refractivity contribution in [3.63, 3.8) is 0 Å². The Morgan fingerprint density at radius 3 is 2.56 bits per heavy atom.